The molecule has 0 spiro atoms. The Kier molecular flexibility index (Phi) is 11.8. The van der Waals surface area contributed by atoms with E-state index in [1.807, 2.05) is 43.3 Å². The SMILES string of the molecule is CCc1cc(OCC=C(Cl)Cl)cc(CC)c1OCCCCO/N=C(\C)c1ccccc1Cl. The number of rotatable bonds is 13. The fraction of sp³-hybridized carbons (Fsp3) is 0.400. The Bertz CT molecular complexity index is 899. The molecular formula is C25H30Cl3NO3. The zero-order valence-electron chi connectivity index (χ0n) is 18.8. The molecule has 2 aromatic carbocycles. The largest absolute Gasteiger partial charge is 0.493 e. The second-order valence-corrected chi connectivity index (χ2v) is 8.54. The minimum absolute atomic E-state index is 0.199. The molecule has 0 amide bonds. The molecule has 2 rings (SSSR count). The molecule has 2 aromatic rings. The van der Waals surface area contributed by atoms with E-state index < -0.39 is 0 Å². The first-order chi connectivity index (χ1) is 15.5. The number of oxime groups is 1. The summed E-state index contributed by atoms with van der Waals surface area (Å²) in [5.41, 5.74) is 3.89. The molecule has 174 valence electrons. The standard InChI is InChI=1S/C25H30Cl3NO3/c1-4-19-16-21(30-15-12-24(27)28)17-20(5-2)25(19)31-13-8-9-14-32-29-18(3)22-10-6-7-11-23(22)26/h6-7,10-12,16-17H,4-5,8-9,13-15H2,1-3H3/b29-18+. The van der Waals surface area contributed by atoms with Crippen LogP contribution in [0.3, 0.4) is 0 Å². The minimum Gasteiger partial charge on any atom is -0.493 e. The predicted molar refractivity (Wildman–Crippen MR) is 135 cm³/mol. The van der Waals surface area contributed by atoms with E-state index in [4.69, 9.17) is 49.1 Å². The smallest absolute Gasteiger partial charge is 0.125 e. The van der Waals surface area contributed by atoms with Crippen LogP contribution in [0.25, 0.3) is 0 Å². The molecule has 0 aliphatic heterocycles. The van der Waals surface area contributed by atoms with Crippen LogP contribution < -0.4 is 9.47 Å². The maximum absolute atomic E-state index is 6.18. The molecule has 0 bridgehead atoms. The van der Waals surface area contributed by atoms with Crippen molar-refractivity contribution in [3.05, 3.63) is 68.7 Å². The Morgan fingerprint density at radius 3 is 2.25 bits per heavy atom. The summed E-state index contributed by atoms with van der Waals surface area (Å²) < 4.78 is 12.1. The fourth-order valence-electron chi connectivity index (χ4n) is 3.11. The first-order valence-electron chi connectivity index (χ1n) is 10.8. The lowest BCUT2D eigenvalue weighted by molar-refractivity contribution is 0.135. The van der Waals surface area contributed by atoms with Crippen LogP contribution in [0, 0.1) is 0 Å². The fourth-order valence-corrected chi connectivity index (χ4v) is 3.50. The highest BCUT2D eigenvalue weighted by Gasteiger charge is 2.11. The Labute approximate surface area is 206 Å². The van der Waals surface area contributed by atoms with Crippen molar-refractivity contribution in [1.29, 1.82) is 0 Å². The lowest BCUT2D eigenvalue weighted by Gasteiger charge is -2.17. The molecule has 0 radical (unpaired) electrons. The molecule has 0 aliphatic carbocycles. The second kappa shape index (κ2) is 14.3. The van der Waals surface area contributed by atoms with Crippen LogP contribution in [0.15, 0.2) is 52.1 Å². The normalized spacial score (nSPS) is 11.2. The van der Waals surface area contributed by atoms with Gasteiger partial charge >= 0.3 is 0 Å². The third-order valence-corrected chi connectivity index (χ3v) is 5.45. The van der Waals surface area contributed by atoms with Gasteiger partial charge in [0.25, 0.3) is 0 Å². The van der Waals surface area contributed by atoms with Crippen LogP contribution in [-0.4, -0.2) is 25.5 Å². The average molecular weight is 499 g/mol. The quantitative estimate of drug-likeness (QED) is 0.161. The van der Waals surface area contributed by atoms with Gasteiger partial charge in [-0.15, -0.1) is 0 Å². The molecular weight excluding hydrogens is 469 g/mol. The predicted octanol–water partition coefficient (Wildman–Crippen LogP) is 7.76. The van der Waals surface area contributed by atoms with Gasteiger partial charge in [-0.2, -0.15) is 0 Å². The number of nitrogens with zero attached hydrogens (tertiary/aromatic N) is 1. The molecule has 0 fully saturated rings. The second-order valence-electron chi connectivity index (χ2n) is 7.13. The van der Waals surface area contributed by atoms with E-state index in [0.29, 0.717) is 24.8 Å². The summed E-state index contributed by atoms with van der Waals surface area (Å²) in [5, 5.41) is 4.83. The van der Waals surface area contributed by atoms with Crippen LogP contribution in [0.5, 0.6) is 11.5 Å². The van der Waals surface area contributed by atoms with Gasteiger partial charge in [0.15, 0.2) is 0 Å². The van der Waals surface area contributed by atoms with Crippen molar-refractivity contribution in [2.75, 3.05) is 19.8 Å². The first-order valence-corrected chi connectivity index (χ1v) is 11.9. The van der Waals surface area contributed by atoms with Gasteiger partial charge in [-0.1, -0.05) is 72.0 Å². The van der Waals surface area contributed by atoms with E-state index >= 15 is 0 Å². The number of aryl methyl sites for hydroxylation is 2. The highest BCUT2D eigenvalue weighted by atomic mass is 35.5. The Morgan fingerprint density at radius 2 is 1.62 bits per heavy atom. The van der Waals surface area contributed by atoms with Gasteiger partial charge in [0.05, 0.1) is 12.3 Å². The molecule has 0 atom stereocenters. The van der Waals surface area contributed by atoms with Gasteiger partial charge in [0, 0.05) is 10.6 Å². The number of unbranched alkanes of at least 4 members (excludes halogenated alkanes) is 1. The van der Waals surface area contributed by atoms with Crippen molar-refractivity contribution >= 4 is 40.5 Å². The molecule has 7 heteroatoms. The van der Waals surface area contributed by atoms with E-state index in [1.165, 1.54) is 0 Å². The van der Waals surface area contributed by atoms with Crippen molar-refractivity contribution < 1.29 is 14.3 Å². The molecule has 0 saturated heterocycles. The highest BCUT2D eigenvalue weighted by molar-refractivity contribution is 6.55. The number of benzene rings is 2. The van der Waals surface area contributed by atoms with E-state index in [9.17, 15) is 0 Å². The molecule has 0 aliphatic rings. The zero-order chi connectivity index (χ0) is 23.3. The van der Waals surface area contributed by atoms with Crippen LogP contribution in [0.1, 0.15) is 50.3 Å². The summed E-state index contributed by atoms with van der Waals surface area (Å²) >= 11 is 17.5. The van der Waals surface area contributed by atoms with E-state index in [1.54, 1.807) is 6.08 Å². The Hall–Kier alpha value is -1.88. The number of ether oxygens (including phenoxy) is 2. The van der Waals surface area contributed by atoms with Crippen LogP contribution >= 0.6 is 34.8 Å². The first kappa shape index (κ1) is 26.4. The summed E-state index contributed by atoms with van der Waals surface area (Å²) in [7, 11) is 0. The Morgan fingerprint density at radius 1 is 0.969 bits per heavy atom. The Balaban J connectivity index is 1.83. The van der Waals surface area contributed by atoms with Crippen molar-refractivity contribution in [3.63, 3.8) is 0 Å². The van der Waals surface area contributed by atoms with Crippen molar-refractivity contribution in [2.45, 2.75) is 46.5 Å². The van der Waals surface area contributed by atoms with Crippen LogP contribution in [0.2, 0.25) is 5.02 Å². The van der Waals surface area contributed by atoms with Gasteiger partial charge in [-0.3, -0.25) is 0 Å². The highest BCUT2D eigenvalue weighted by Crippen LogP contribution is 2.31. The monoisotopic (exact) mass is 497 g/mol. The minimum atomic E-state index is 0.199. The maximum atomic E-state index is 6.18. The number of hydrogen-bond donors (Lipinski definition) is 0. The van der Waals surface area contributed by atoms with Gasteiger partial charge in [-0.05, 0) is 68.0 Å². The molecule has 0 heterocycles. The third kappa shape index (κ3) is 8.57. The number of halogens is 3. The third-order valence-electron chi connectivity index (χ3n) is 4.81. The molecule has 32 heavy (non-hydrogen) atoms. The van der Waals surface area contributed by atoms with Crippen molar-refractivity contribution in [2.24, 2.45) is 5.16 Å². The topological polar surface area (TPSA) is 40.0 Å². The van der Waals surface area contributed by atoms with Crippen LogP contribution in [0.4, 0.5) is 0 Å². The molecule has 0 saturated carbocycles. The average Bonchev–Trinajstić information content (AvgIpc) is 2.78. The summed E-state index contributed by atoms with van der Waals surface area (Å²) in [6.45, 7) is 7.56. The van der Waals surface area contributed by atoms with E-state index in [2.05, 4.69) is 19.0 Å². The molecule has 4 nitrogen and oxygen atoms in total. The zero-order valence-corrected chi connectivity index (χ0v) is 21.1. The maximum Gasteiger partial charge on any atom is 0.125 e. The lowest BCUT2D eigenvalue weighted by atomic mass is 10.0. The van der Waals surface area contributed by atoms with Gasteiger partial charge in [0.2, 0.25) is 0 Å². The molecule has 0 aromatic heterocycles. The van der Waals surface area contributed by atoms with Crippen molar-refractivity contribution in [3.8, 4) is 11.5 Å². The summed E-state index contributed by atoms with van der Waals surface area (Å²) in [4.78, 5) is 5.45. The number of hydrogen-bond acceptors (Lipinski definition) is 4. The van der Waals surface area contributed by atoms with E-state index in [0.717, 1.165) is 59.6 Å². The molecule has 0 N–H and O–H groups in total. The van der Waals surface area contributed by atoms with Crippen LogP contribution in [-0.2, 0) is 17.7 Å². The van der Waals surface area contributed by atoms with Gasteiger partial charge < -0.3 is 14.3 Å². The van der Waals surface area contributed by atoms with E-state index in [-0.39, 0.29) is 4.49 Å². The lowest BCUT2D eigenvalue weighted by Crippen LogP contribution is -2.06. The van der Waals surface area contributed by atoms with Gasteiger partial charge in [-0.25, -0.2) is 0 Å². The van der Waals surface area contributed by atoms with Gasteiger partial charge in [0.1, 0.15) is 29.2 Å². The molecule has 0 unspecified atom stereocenters. The summed E-state index contributed by atoms with van der Waals surface area (Å²) in [6, 6.07) is 11.6. The summed E-state index contributed by atoms with van der Waals surface area (Å²) in [6.07, 6.45) is 5.03. The summed E-state index contributed by atoms with van der Waals surface area (Å²) in [5.74, 6) is 1.74. The van der Waals surface area contributed by atoms with Crippen molar-refractivity contribution in [1.82, 2.24) is 0 Å².